The molecule has 0 aliphatic heterocycles. The summed E-state index contributed by atoms with van der Waals surface area (Å²) in [7, 11) is 1.65. The van der Waals surface area contributed by atoms with Crippen molar-refractivity contribution >= 4 is 11.6 Å². The molecular weight excluding hydrogens is 266 g/mol. The van der Waals surface area contributed by atoms with Crippen molar-refractivity contribution in [2.45, 2.75) is 26.2 Å². The summed E-state index contributed by atoms with van der Waals surface area (Å²) in [6.07, 6.45) is 3.45. The molecule has 3 rings (SSSR count). The molecule has 0 radical (unpaired) electrons. The van der Waals surface area contributed by atoms with Crippen molar-refractivity contribution in [3.63, 3.8) is 0 Å². The van der Waals surface area contributed by atoms with E-state index in [2.05, 4.69) is 5.32 Å². The molecule has 0 spiro atoms. The minimum atomic E-state index is 0.141. The minimum absolute atomic E-state index is 0.141. The molecule has 2 aliphatic carbocycles. The zero-order valence-corrected chi connectivity index (χ0v) is 12.7. The molecule has 4 nitrogen and oxygen atoms in total. The van der Waals surface area contributed by atoms with Crippen LogP contribution in [0.5, 0.6) is 5.75 Å². The number of anilines is 1. The molecule has 2 unspecified atom stereocenters. The fraction of sp³-hybridized carbons (Fsp3) is 0.588. The monoisotopic (exact) mass is 289 g/mol. The molecule has 0 heterocycles. The van der Waals surface area contributed by atoms with E-state index in [1.165, 1.54) is 6.42 Å². The maximum absolute atomic E-state index is 12.4. The van der Waals surface area contributed by atoms with Crippen molar-refractivity contribution in [1.29, 1.82) is 0 Å². The zero-order chi connectivity index (χ0) is 14.8. The predicted molar refractivity (Wildman–Crippen MR) is 81.5 cm³/mol. The van der Waals surface area contributed by atoms with Crippen molar-refractivity contribution < 1.29 is 14.3 Å². The molecule has 114 valence electrons. The predicted octanol–water partition coefficient (Wildman–Crippen LogP) is 3.00. The minimum Gasteiger partial charge on any atom is -0.489 e. The molecular formula is C17H23NO3. The molecule has 1 N–H and O–H groups in total. The van der Waals surface area contributed by atoms with Gasteiger partial charge in [0, 0.05) is 13.0 Å². The summed E-state index contributed by atoms with van der Waals surface area (Å²) in [5.74, 6) is 2.68. The number of carbonyl (C=O) groups excluding carboxylic acids is 1. The molecule has 0 bridgehead atoms. The van der Waals surface area contributed by atoms with Gasteiger partial charge in [0.05, 0.1) is 12.3 Å². The van der Waals surface area contributed by atoms with E-state index >= 15 is 0 Å². The molecule has 1 aromatic rings. The van der Waals surface area contributed by atoms with E-state index < -0.39 is 0 Å². The normalized spacial score (nSPS) is 26.3. The smallest absolute Gasteiger partial charge is 0.227 e. The average molecular weight is 289 g/mol. The van der Waals surface area contributed by atoms with Gasteiger partial charge in [0.2, 0.25) is 5.91 Å². The van der Waals surface area contributed by atoms with E-state index in [0.29, 0.717) is 13.2 Å². The SMILES string of the molecule is COCCOc1cc(C)ccc1NC(=O)C1CC2CC2C1. The lowest BCUT2D eigenvalue weighted by Crippen LogP contribution is -2.22. The third-order valence-electron chi connectivity index (χ3n) is 4.55. The first-order valence-corrected chi connectivity index (χ1v) is 7.70. The van der Waals surface area contributed by atoms with Crippen molar-refractivity contribution in [2.75, 3.05) is 25.6 Å². The zero-order valence-electron chi connectivity index (χ0n) is 12.7. The Kier molecular flexibility index (Phi) is 4.15. The number of carbonyl (C=O) groups is 1. The summed E-state index contributed by atoms with van der Waals surface area (Å²) in [6, 6.07) is 5.87. The van der Waals surface area contributed by atoms with Gasteiger partial charge in [0.25, 0.3) is 0 Å². The fourth-order valence-corrected chi connectivity index (χ4v) is 3.25. The summed E-state index contributed by atoms with van der Waals surface area (Å²) in [4.78, 5) is 12.4. The summed E-state index contributed by atoms with van der Waals surface area (Å²) in [6.45, 7) is 3.03. The van der Waals surface area contributed by atoms with Gasteiger partial charge in [0.15, 0.2) is 0 Å². The maximum Gasteiger partial charge on any atom is 0.227 e. The first-order chi connectivity index (χ1) is 10.2. The van der Waals surface area contributed by atoms with Crippen LogP contribution in [0.15, 0.2) is 18.2 Å². The highest BCUT2D eigenvalue weighted by Crippen LogP contribution is 2.54. The lowest BCUT2D eigenvalue weighted by molar-refractivity contribution is -0.120. The number of fused-ring (bicyclic) bond motifs is 1. The van der Waals surface area contributed by atoms with Crippen molar-refractivity contribution in [2.24, 2.45) is 17.8 Å². The topological polar surface area (TPSA) is 47.6 Å². The highest BCUT2D eigenvalue weighted by molar-refractivity contribution is 5.94. The molecule has 0 aromatic heterocycles. The van der Waals surface area contributed by atoms with E-state index in [4.69, 9.17) is 9.47 Å². The molecule has 21 heavy (non-hydrogen) atoms. The second kappa shape index (κ2) is 6.06. The van der Waals surface area contributed by atoms with Crippen LogP contribution in [0, 0.1) is 24.7 Å². The Balaban J connectivity index is 1.64. The molecule has 1 amide bonds. The molecule has 2 atom stereocenters. The third kappa shape index (κ3) is 3.38. The van der Waals surface area contributed by atoms with Gasteiger partial charge in [-0.25, -0.2) is 0 Å². The van der Waals surface area contributed by atoms with Gasteiger partial charge in [-0.1, -0.05) is 6.07 Å². The second-order valence-corrected chi connectivity index (χ2v) is 6.25. The van der Waals surface area contributed by atoms with Crippen LogP contribution in [0.25, 0.3) is 0 Å². The molecule has 2 fully saturated rings. The summed E-state index contributed by atoms with van der Waals surface area (Å²) in [5, 5.41) is 3.04. The first kappa shape index (κ1) is 14.4. The number of hydrogen-bond donors (Lipinski definition) is 1. The van der Waals surface area contributed by atoms with Crippen LogP contribution in [0.3, 0.4) is 0 Å². The van der Waals surface area contributed by atoms with Gasteiger partial charge in [-0.3, -0.25) is 4.79 Å². The largest absolute Gasteiger partial charge is 0.489 e. The molecule has 2 saturated carbocycles. The van der Waals surface area contributed by atoms with Crippen LogP contribution in [-0.2, 0) is 9.53 Å². The van der Waals surface area contributed by atoms with Gasteiger partial charge < -0.3 is 14.8 Å². The Labute approximate surface area is 125 Å². The highest BCUT2D eigenvalue weighted by atomic mass is 16.5. The van der Waals surface area contributed by atoms with E-state index in [1.807, 2.05) is 25.1 Å². The highest BCUT2D eigenvalue weighted by Gasteiger charge is 2.48. The Morgan fingerprint density at radius 3 is 2.71 bits per heavy atom. The summed E-state index contributed by atoms with van der Waals surface area (Å²) < 4.78 is 10.7. The third-order valence-corrected chi connectivity index (χ3v) is 4.55. The maximum atomic E-state index is 12.4. The van der Waals surface area contributed by atoms with Crippen LogP contribution in [0.1, 0.15) is 24.8 Å². The molecule has 2 aliphatic rings. The van der Waals surface area contributed by atoms with Crippen LogP contribution in [-0.4, -0.2) is 26.2 Å². The number of amides is 1. The number of nitrogens with one attached hydrogen (secondary N) is 1. The Morgan fingerprint density at radius 1 is 1.24 bits per heavy atom. The lowest BCUT2D eigenvalue weighted by Gasteiger charge is -2.16. The Hall–Kier alpha value is -1.55. The molecule has 4 heteroatoms. The lowest BCUT2D eigenvalue weighted by atomic mass is 10.0. The van der Waals surface area contributed by atoms with Crippen LogP contribution >= 0.6 is 0 Å². The number of methoxy groups -OCH3 is 1. The van der Waals surface area contributed by atoms with Gasteiger partial charge in [-0.2, -0.15) is 0 Å². The van der Waals surface area contributed by atoms with Crippen LogP contribution in [0.2, 0.25) is 0 Å². The van der Waals surface area contributed by atoms with E-state index in [-0.39, 0.29) is 11.8 Å². The summed E-state index contributed by atoms with van der Waals surface area (Å²) >= 11 is 0. The van der Waals surface area contributed by atoms with E-state index in [1.54, 1.807) is 7.11 Å². The van der Waals surface area contributed by atoms with Gasteiger partial charge in [-0.05, 0) is 55.7 Å². The van der Waals surface area contributed by atoms with Crippen molar-refractivity contribution in [3.8, 4) is 5.75 Å². The van der Waals surface area contributed by atoms with E-state index in [0.717, 1.165) is 41.7 Å². The van der Waals surface area contributed by atoms with Crippen molar-refractivity contribution in [3.05, 3.63) is 23.8 Å². The standard InChI is InChI=1S/C17H23NO3/c1-11-3-4-15(16(7-11)21-6-5-20-2)18-17(19)14-9-12-8-13(12)10-14/h3-4,7,12-14H,5-6,8-10H2,1-2H3,(H,18,19). The second-order valence-electron chi connectivity index (χ2n) is 6.25. The quantitative estimate of drug-likeness (QED) is 0.819. The van der Waals surface area contributed by atoms with Crippen LogP contribution in [0.4, 0.5) is 5.69 Å². The number of benzene rings is 1. The van der Waals surface area contributed by atoms with Gasteiger partial charge >= 0.3 is 0 Å². The number of aryl methyl sites for hydroxylation is 1. The average Bonchev–Trinajstić information content (AvgIpc) is 3.08. The molecule has 1 aromatic carbocycles. The molecule has 0 saturated heterocycles. The number of hydrogen-bond acceptors (Lipinski definition) is 3. The first-order valence-electron chi connectivity index (χ1n) is 7.70. The van der Waals surface area contributed by atoms with Crippen LogP contribution < -0.4 is 10.1 Å². The summed E-state index contributed by atoms with van der Waals surface area (Å²) in [5.41, 5.74) is 1.88. The van der Waals surface area contributed by atoms with Gasteiger partial charge in [0.1, 0.15) is 12.4 Å². The fourth-order valence-electron chi connectivity index (χ4n) is 3.25. The van der Waals surface area contributed by atoms with Crippen molar-refractivity contribution in [1.82, 2.24) is 0 Å². The van der Waals surface area contributed by atoms with E-state index in [9.17, 15) is 4.79 Å². The Morgan fingerprint density at radius 2 is 2.00 bits per heavy atom. The number of rotatable bonds is 6. The number of ether oxygens (including phenoxy) is 2. The van der Waals surface area contributed by atoms with Gasteiger partial charge in [-0.15, -0.1) is 0 Å². The Bertz CT molecular complexity index is 519.